The predicted molar refractivity (Wildman–Crippen MR) is 107 cm³/mol. The van der Waals surface area contributed by atoms with Gasteiger partial charge in [-0.15, -0.1) is 11.8 Å². The molecule has 0 aliphatic heterocycles. The Labute approximate surface area is 165 Å². The molecule has 1 amide bonds. The molecule has 0 fully saturated rings. The Morgan fingerprint density at radius 1 is 1.08 bits per heavy atom. The minimum Gasteiger partial charge on any atom is -0.489 e. The van der Waals surface area contributed by atoms with Gasteiger partial charge in [0.15, 0.2) is 5.76 Å². The maximum atomic E-state index is 12.3. The molecule has 0 spiro atoms. The Morgan fingerprint density at radius 2 is 1.85 bits per heavy atom. The summed E-state index contributed by atoms with van der Waals surface area (Å²) in [6.07, 6.45) is 1.51. The number of nitrogens with one attached hydrogen (secondary N) is 1. The lowest BCUT2D eigenvalue weighted by atomic mass is 10.2. The van der Waals surface area contributed by atoms with Crippen LogP contribution >= 0.6 is 27.7 Å². The van der Waals surface area contributed by atoms with Crippen LogP contribution in [0.15, 0.2) is 80.7 Å². The molecule has 0 aliphatic rings. The second kappa shape index (κ2) is 9.50. The normalized spacial score (nSPS) is 10.5. The van der Waals surface area contributed by atoms with Gasteiger partial charge in [0, 0.05) is 27.2 Å². The van der Waals surface area contributed by atoms with Gasteiger partial charge in [0.1, 0.15) is 12.4 Å². The summed E-state index contributed by atoms with van der Waals surface area (Å²) in [5, 5.41) is 2.89. The van der Waals surface area contributed by atoms with E-state index >= 15 is 0 Å². The number of amides is 1. The molecule has 134 valence electrons. The molecule has 1 heterocycles. The van der Waals surface area contributed by atoms with Crippen LogP contribution in [0.3, 0.4) is 0 Å². The van der Waals surface area contributed by atoms with Crippen LogP contribution in [0.5, 0.6) is 5.75 Å². The van der Waals surface area contributed by atoms with Gasteiger partial charge in [-0.2, -0.15) is 0 Å². The van der Waals surface area contributed by atoms with Crippen molar-refractivity contribution < 1.29 is 13.9 Å². The van der Waals surface area contributed by atoms with Gasteiger partial charge in [0.25, 0.3) is 5.91 Å². The van der Waals surface area contributed by atoms with Gasteiger partial charge in [-0.05, 0) is 42.5 Å². The molecule has 0 unspecified atom stereocenters. The molecule has 0 saturated heterocycles. The second-order valence-electron chi connectivity index (χ2n) is 5.43. The first-order valence-corrected chi connectivity index (χ1v) is 9.91. The number of hydrogen-bond donors (Lipinski definition) is 1. The van der Waals surface area contributed by atoms with Crippen molar-refractivity contribution in [3.8, 4) is 5.75 Å². The Morgan fingerprint density at radius 3 is 2.62 bits per heavy atom. The third-order valence-electron chi connectivity index (χ3n) is 3.56. The summed E-state index contributed by atoms with van der Waals surface area (Å²) in [7, 11) is 0. The van der Waals surface area contributed by atoms with E-state index in [2.05, 4.69) is 21.2 Å². The van der Waals surface area contributed by atoms with E-state index < -0.39 is 0 Å². The summed E-state index contributed by atoms with van der Waals surface area (Å²) in [5.41, 5.74) is 0.729. The molecule has 0 saturated carbocycles. The van der Waals surface area contributed by atoms with Gasteiger partial charge in [0.05, 0.1) is 6.26 Å². The van der Waals surface area contributed by atoms with Crippen molar-refractivity contribution in [1.82, 2.24) is 5.32 Å². The molecule has 1 aromatic heterocycles. The monoisotopic (exact) mass is 431 g/mol. The smallest absolute Gasteiger partial charge is 0.287 e. The Balaban J connectivity index is 1.46. The molecule has 0 atom stereocenters. The van der Waals surface area contributed by atoms with Crippen molar-refractivity contribution in [2.45, 2.75) is 11.5 Å². The summed E-state index contributed by atoms with van der Waals surface area (Å²) in [6.45, 7) is 0.843. The topological polar surface area (TPSA) is 51.5 Å². The molecule has 6 heteroatoms. The number of rotatable bonds is 8. The number of para-hydroxylation sites is 1. The van der Waals surface area contributed by atoms with Crippen LogP contribution in [-0.2, 0) is 6.61 Å². The highest BCUT2D eigenvalue weighted by molar-refractivity contribution is 9.10. The van der Waals surface area contributed by atoms with E-state index in [-0.39, 0.29) is 12.5 Å². The first-order chi connectivity index (χ1) is 12.7. The maximum Gasteiger partial charge on any atom is 0.287 e. The summed E-state index contributed by atoms with van der Waals surface area (Å²) < 4.78 is 12.1. The molecular formula is C20H18BrNO3S. The average molecular weight is 432 g/mol. The number of halogens is 1. The van der Waals surface area contributed by atoms with Crippen LogP contribution in [0, 0.1) is 0 Å². The minimum atomic E-state index is -0.224. The van der Waals surface area contributed by atoms with Gasteiger partial charge < -0.3 is 14.5 Å². The van der Waals surface area contributed by atoms with E-state index in [9.17, 15) is 4.79 Å². The summed E-state index contributed by atoms with van der Waals surface area (Å²) in [6, 6.07) is 19.3. The molecule has 2 aromatic carbocycles. The van der Waals surface area contributed by atoms with Crippen LogP contribution in [-0.4, -0.2) is 18.2 Å². The number of benzene rings is 2. The number of ether oxygens (including phenoxy) is 1. The molecule has 26 heavy (non-hydrogen) atoms. The van der Waals surface area contributed by atoms with E-state index in [0.29, 0.717) is 12.3 Å². The zero-order valence-corrected chi connectivity index (χ0v) is 16.4. The standard InChI is InChI=1S/C20H18BrNO3S/c21-16-6-8-18(9-7-16)26-13-11-22-20(23)19-15(10-12-24-19)14-25-17-4-2-1-3-5-17/h1-10,12H,11,13-14H2,(H,22,23). The van der Waals surface area contributed by atoms with E-state index in [0.717, 1.165) is 26.4 Å². The largest absolute Gasteiger partial charge is 0.489 e. The molecule has 0 aliphatic carbocycles. The van der Waals surface area contributed by atoms with E-state index in [1.807, 2.05) is 54.6 Å². The molecule has 1 N–H and O–H groups in total. The first kappa shape index (κ1) is 18.6. The third-order valence-corrected chi connectivity index (χ3v) is 5.10. The SMILES string of the molecule is O=C(NCCSc1ccc(Br)cc1)c1occc1COc1ccccc1. The van der Waals surface area contributed by atoms with Crippen molar-refractivity contribution in [3.63, 3.8) is 0 Å². The van der Waals surface area contributed by atoms with Crippen molar-refractivity contribution in [2.75, 3.05) is 12.3 Å². The third kappa shape index (κ3) is 5.41. The highest BCUT2D eigenvalue weighted by atomic mass is 79.9. The molecule has 4 nitrogen and oxygen atoms in total. The van der Waals surface area contributed by atoms with E-state index in [1.54, 1.807) is 17.8 Å². The van der Waals surface area contributed by atoms with Crippen molar-refractivity contribution in [1.29, 1.82) is 0 Å². The number of thioether (sulfide) groups is 1. The zero-order chi connectivity index (χ0) is 18.2. The summed E-state index contributed by atoms with van der Waals surface area (Å²) >= 11 is 5.11. The second-order valence-corrected chi connectivity index (χ2v) is 7.52. The van der Waals surface area contributed by atoms with Crippen molar-refractivity contribution in [3.05, 3.63) is 82.7 Å². The fraction of sp³-hybridized carbons (Fsp3) is 0.150. The zero-order valence-electron chi connectivity index (χ0n) is 14.0. The Kier molecular flexibility index (Phi) is 6.80. The van der Waals surface area contributed by atoms with Gasteiger partial charge in [-0.25, -0.2) is 0 Å². The van der Waals surface area contributed by atoms with Gasteiger partial charge in [-0.1, -0.05) is 34.1 Å². The number of furan rings is 1. The van der Waals surface area contributed by atoms with Crippen molar-refractivity contribution in [2.24, 2.45) is 0 Å². The molecular weight excluding hydrogens is 414 g/mol. The van der Waals surface area contributed by atoms with Crippen LogP contribution in [0.2, 0.25) is 0 Å². The summed E-state index contributed by atoms with van der Waals surface area (Å²) in [4.78, 5) is 13.5. The van der Waals surface area contributed by atoms with Gasteiger partial charge in [-0.3, -0.25) is 4.79 Å². The number of carbonyl (C=O) groups is 1. The lowest BCUT2D eigenvalue weighted by Gasteiger charge is -2.07. The van der Waals surface area contributed by atoms with Crippen LogP contribution < -0.4 is 10.1 Å². The lowest BCUT2D eigenvalue weighted by molar-refractivity contribution is 0.0925. The van der Waals surface area contributed by atoms with Crippen molar-refractivity contribution >= 4 is 33.6 Å². The predicted octanol–water partition coefficient (Wildman–Crippen LogP) is 5.14. The number of carbonyl (C=O) groups excluding carboxylic acids is 1. The Hall–Kier alpha value is -2.18. The fourth-order valence-corrected chi connectivity index (χ4v) is 3.30. The number of hydrogen-bond acceptors (Lipinski definition) is 4. The molecule has 0 bridgehead atoms. The minimum absolute atomic E-state index is 0.224. The van der Waals surface area contributed by atoms with E-state index in [1.165, 1.54) is 6.26 Å². The highest BCUT2D eigenvalue weighted by Gasteiger charge is 2.15. The maximum absolute atomic E-state index is 12.3. The molecule has 3 rings (SSSR count). The van der Waals surface area contributed by atoms with Crippen LogP contribution in [0.4, 0.5) is 0 Å². The first-order valence-electron chi connectivity index (χ1n) is 8.13. The average Bonchev–Trinajstić information content (AvgIpc) is 3.14. The fourth-order valence-electron chi connectivity index (χ4n) is 2.27. The molecule has 3 aromatic rings. The van der Waals surface area contributed by atoms with E-state index in [4.69, 9.17) is 9.15 Å². The highest BCUT2D eigenvalue weighted by Crippen LogP contribution is 2.20. The van der Waals surface area contributed by atoms with Gasteiger partial charge >= 0.3 is 0 Å². The van der Waals surface area contributed by atoms with Gasteiger partial charge in [0.2, 0.25) is 0 Å². The quantitative estimate of drug-likeness (QED) is 0.396. The summed E-state index contributed by atoms with van der Waals surface area (Å²) in [5.74, 6) is 1.61. The van der Waals surface area contributed by atoms with Crippen LogP contribution in [0.1, 0.15) is 16.1 Å². The molecule has 0 radical (unpaired) electrons. The Bertz CT molecular complexity index is 834. The van der Waals surface area contributed by atoms with Crippen LogP contribution in [0.25, 0.3) is 0 Å². The lowest BCUT2D eigenvalue weighted by Crippen LogP contribution is -2.26.